The van der Waals surface area contributed by atoms with Gasteiger partial charge in [-0.15, -0.1) is 0 Å². The quantitative estimate of drug-likeness (QED) is 0.502. The Morgan fingerprint density at radius 3 is 2.08 bits per heavy atom. The third-order valence-corrected chi connectivity index (χ3v) is 2.29. The molecule has 0 heterocycles. The monoisotopic (exact) mass is 186 g/mol. The average molecular weight is 186 g/mol. The van der Waals surface area contributed by atoms with Crippen molar-refractivity contribution in [2.24, 2.45) is 11.1 Å². The number of aliphatic carboxylic acids is 1. The number of carboxylic acid groups (broad SMARTS) is 1. The van der Waals surface area contributed by atoms with E-state index in [9.17, 15) is 14.4 Å². The van der Waals surface area contributed by atoms with E-state index in [1.165, 1.54) is 0 Å². The van der Waals surface area contributed by atoms with Gasteiger partial charge in [-0.25, -0.2) is 4.79 Å². The number of carboxylic acids is 1. The number of urea groups is 1. The van der Waals surface area contributed by atoms with Gasteiger partial charge in [0, 0.05) is 0 Å². The number of nitrogens with two attached hydrogens (primary N) is 1. The molecular weight excluding hydrogens is 176 g/mol. The van der Waals surface area contributed by atoms with Gasteiger partial charge in [-0.2, -0.15) is 0 Å². The van der Waals surface area contributed by atoms with Crippen molar-refractivity contribution in [2.75, 3.05) is 0 Å². The second kappa shape index (κ2) is 3.04. The van der Waals surface area contributed by atoms with Gasteiger partial charge >= 0.3 is 12.0 Å². The zero-order chi connectivity index (χ0) is 10.1. The summed E-state index contributed by atoms with van der Waals surface area (Å²) in [4.78, 5) is 32.2. The zero-order valence-electron chi connectivity index (χ0n) is 6.87. The second-order valence-electron chi connectivity index (χ2n) is 3.06. The number of imide groups is 1. The molecular formula is C7H10N2O4. The summed E-state index contributed by atoms with van der Waals surface area (Å²) in [6.45, 7) is 0. The van der Waals surface area contributed by atoms with E-state index in [2.05, 4.69) is 0 Å². The van der Waals surface area contributed by atoms with Gasteiger partial charge in [0.1, 0.15) is 5.41 Å². The molecule has 1 aliphatic rings. The van der Waals surface area contributed by atoms with Crippen LogP contribution in [0.1, 0.15) is 19.3 Å². The number of amides is 3. The molecule has 0 radical (unpaired) electrons. The summed E-state index contributed by atoms with van der Waals surface area (Å²) in [7, 11) is 0. The predicted octanol–water partition coefficient (Wildman–Crippen LogP) is -0.564. The average Bonchev–Trinajstić information content (AvgIpc) is 1.79. The molecule has 6 heteroatoms. The molecule has 0 aromatic heterocycles. The van der Waals surface area contributed by atoms with Crippen molar-refractivity contribution in [1.29, 1.82) is 0 Å². The largest absolute Gasteiger partial charge is 0.480 e. The van der Waals surface area contributed by atoms with Gasteiger partial charge in [0.2, 0.25) is 5.91 Å². The Balaban J connectivity index is 2.72. The van der Waals surface area contributed by atoms with Crippen LogP contribution >= 0.6 is 0 Å². The van der Waals surface area contributed by atoms with Crippen molar-refractivity contribution >= 4 is 17.9 Å². The lowest BCUT2D eigenvalue weighted by molar-refractivity contribution is -0.161. The third-order valence-electron chi connectivity index (χ3n) is 2.29. The van der Waals surface area contributed by atoms with Gasteiger partial charge in [-0.05, 0) is 12.8 Å². The summed E-state index contributed by atoms with van der Waals surface area (Å²) in [6.07, 6.45) is 1.21. The highest BCUT2D eigenvalue weighted by Gasteiger charge is 2.51. The molecule has 1 saturated carbocycles. The van der Waals surface area contributed by atoms with Crippen LogP contribution in [0.2, 0.25) is 0 Å². The Morgan fingerprint density at radius 1 is 1.31 bits per heavy atom. The summed E-state index contributed by atoms with van der Waals surface area (Å²) in [5, 5.41) is 10.5. The fraction of sp³-hybridized carbons (Fsp3) is 0.571. The molecule has 0 atom stereocenters. The number of hydrogen-bond donors (Lipinski definition) is 3. The van der Waals surface area contributed by atoms with Gasteiger partial charge in [0.25, 0.3) is 0 Å². The molecule has 0 spiro atoms. The second-order valence-corrected chi connectivity index (χ2v) is 3.06. The van der Waals surface area contributed by atoms with E-state index >= 15 is 0 Å². The summed E-state index contributed by atoms with van der Waals surface area (Å²) >= 11 is 0. The molecule has 0 aliphatic heterocycles. The van der Waals surface area contributed by atoms with Crippen LogP contribution in [-0.4, -0.2) is 23.0 Å². The number of carbonyl (C=O) groups is 3. The maximum Gasteiger partial charge on any atom is 0.319 e. The summed E-state index contributed by atoms with van der Waals surface area (Å²) in [6, 6.07) is -1.02. The Labute approximate surface area is 74.1 Å². The van der Waals surface area contributed by atoms with E-state index in [0.29, 0.717) is 6.42 Å². The van der Waals surface area contributed by atoms with E-state index in [-0.39, 0.29) is 12.8 Å². The van der Waals surface area contributed by atoms with E-state index in [0.717, 1.165) is 0 Å². The van der Waals surface area contributed by atoms with E-state index < -0.39 is 23.3 Å². The van der Waals surface area contributed by atoms with Crippen LogP contribution in [0.25, 0.3) is 0 Å². The van der Waals surface area contributed by atoms with Crippen molar-refractivity contribution in [2.45, 2.75) is 19.3 Å². The van der Waals surface area contributed by atoms with Crippen molar-refractivity contribution < 1.29 is 19.5 Å². The Kier molecular flexibility index (Phi) is 2.22. The fourth-order valence-corrected chi connectivity index (χ4v) is 1.30. The molecule has 13 heavy (non-hydrogen) atoms. The lowest BCUT2D eigenvalue weighted by Gasteiger charge is -2.35. The van der Waals surface area contributed by atoms with Crippen molar-refractivity contribution in [3.05, 3.63) is 0 Å². The third kappa shape index (κ3) is 1.47. The Morgan fingerprint density at radius 2 is 1.85 bits per heavy atom. The molecule has 0 bridgehead atoms. The Hall–Kier alpha value is -1.59. The molecule has 0 aromatic carbocycles. The molecule has 4 N–H and O–H groups in total. The van der Waals surface area contributed by atoms with Crippen LogP contribution in [0.3, 0.4) is 0 Å². The summed E-state index contributed by atoms with van der Waals surface area (Å²) < 4.78 is 0. The topological polar surface area (TPSA) is 109 Å². The van der Waals surface area contributed by atoms with Crippen molar-refractivity contribution in [3.8, 4) is 0 Å². The number of hydrogen-bond acceptors (Lipinski definition) is 3. The fourth-order valence-electron chi connectivity index (χ4n) is 1.30. The van der Waals surface area contributed by atoms with E-state index in [4.69, 9.17) is 10.8 Å². The van der Waals surface area contributed by atoms with Crippen LogP contribution in [0.4, 0.5) is 4.79 Å². The summed E-state index contributed by atoms with van der Waals surface area (Å²) in [5.74, 6) is -2.00. The van der Waals surface area contributed by atoms with Gasteiger partial charge < -0.3 is 10.8 Å². The molecule has 72 valence electrons. The smallest absolute Gasteiger partial charge is 0.319 e. The first-order chi connectivity index (χ1) is 5.99. The summed E-state index contributed by atoms with van der Waals surface area (Å²) in [5.41, 5.74) is 3.28. The maximum absolute atomic E-state index is 11.2. The first-order valence-electron chi connectivity index (χ1n) is 3.83. The van der Waals surface area contributed by atoms with Gasteiger partial charge in [-0.1, -0.05) is 6.42 Å². The molecule has 1 fully saturated rings. The molecule has 1 rings (SSSR count). The first-order valence-corrected chi connectivity index (χ1v) is 3.83. The molecule has 0 aromatic rings. The SMILES string of the molecule is NC(=O)NC(=O)C1(C(=O)O)CCC1. The zero-order valence-corrected chi connectivity index (χ0v) is 6.87. The van der Waals surface area contributed by atoms with Crippen molar-refractivity contribution in [1.82, 2.24) is 5.32 Å². The van der Waals surface area contributed by atoms with Crippen LogP contribution in [0, 0.1) is 5.41 Å². The van der Waals surface area contributed by atoms with Crippen LogP contribution < -0.4 is 11.1 Å². The predicted molar refractivity (Wildman–Crippen MR) is 41.6 cm³/mol. The van der Waals surface area contributed by atoms with Gasteiger partial charge in [-0.3, -0.25) is 14.9 Å². The van der Waals surface area contributed by atoms with Gasteiger partial charge in [0.15, 0.2) is 0 Å². The molecule has 0 unspecified atom stereocenters. The minimum Gasteiger partial charge on any atom is -0.480 e. The van der Waals surface area contributed by atoms with E-state index in [1.807, 2.05) is 0 Å². The lowest BCUT2D eigenvalue weighted by Crippen LogP contribution is -2.53. The minimum atomic E-state index is -1.42. The highest BCUT2D eigenvalue weighted by atomic mass is 16.4. The highest BCUT2D eigenvalue weighted by molar-refractivity contribution is 6.08. The maximum atomic E-state index is 11.2. The highest BCUT2D eigenvalue weighted by Crippen LogP contribution is 2.41. The lowest BCUT2D eigenvalue weighted by atomic mass is 9.68. The number of carbonyl (C=O) groups excluding carboxylic acids is 2. The normalized spacial score (nSPS) is 18.5. The standard InChI is InChI=1S/C7H10N2O4/c8-6(13)9-4(10)7(5(11)12)2-1-3-7/h1-3H2,(H,11,12)(H3,8,9,10,13). The molecule has 6 nitrogen and oxygen atoms in total. The molecule has 1 aliphatic carbocycles. The first kappa shape index (κ1) is 9.50. The number of nitrogens with one attached hydrogen (secondary N) is 1. The molecule has 0 saturated heterocycles. The minimum absolute atomic E-state index is 0.265. The van der Waals surface area contributed by atoms with Crippen molar-refractivity contribution in [3.63, 3.8) is 0 Å². The van der Waals surface area contributed by atoms with Crippen LogP contribution in [0.15, 0.2) is 0 Å². The molecule has 3 amide bonds. The van der Waals surface area contributed by atoms with Crippen LogP contribution in [0.5, 0.6) is 0 Å². The number of primary amides is 1. The number of rotatable bonds is 2. The Bertz CT molecular complexity index is 270. The van der Waals surface area contributed by atoms with Crippen LogP contribution in [-0.2, 0) is 9.59 Å². The van der Waals surface area contributed by atoms with Gasteiger partial charge in [0.05, 0.1) is 0 Å². The van der Waals surface area contributed by atoms with E-state index in [1.54, 1.807) is 5.32 Å².